The van der Waals surface area contributed by atoms with E-state index in [1.54, 1.807) is 0 Å². The van der Waals surface area contributed by atoms with Crippen LogP contribution in [0.1, 0.15) is 11.7 Å². The highest BCUT2D eigenvalue weighted by molar-refractivity contribution is 5.18. The first kappa shape index (κ1) is 9.12. The predicted molar refractivity (Wildman–Crippen MR) is 41.1 cm³/mol. The minimum absolute atomic E-state index is 0.0334. The molecule has 1 aromatic rings. The van der Waals surface area contributed by atoms with Crippen LogP contribution < -0.4 is 5.48 Å². The van der Waals surface area contributed by atoms with Gasteiger partial charge in [-0.2, -0.15) is 0 Å². The Hall–Kier alpha value is -0.970. The molecule has 0 heterocycles. The summed E-state index contributed by atoms with van der Waals surface area (Å²) >= 11 is 0. The summed E-state index contributed by atoms with van der Waals surface area (Å²) in [5, 5.41) is 17.5. The Morgan fingerprint density at radius 1 is 1.33 bits per heavy atom. The van der Waals surface area contributed by atoms with Crippen molar-refractivity contribution < 1.29 is 14.7 Å². The van der Waals surface area contributed by atoms with Crippen molar-refractivity contribution in [3.8, 4) is 0 Å². The van der Waals surface area contributed by atoms with Gasteiger partial charge in [0.1, 0.15) is 5.82 Å². The summed E-state index contributed by atoms with van der Waals surface area (Å²) in [4.78, 5) is 0. The molecule has 0 aliphatic heterocycles. The largest absolute Gasteiger partial charge is 0.387 e. The van der Waals surface area contributed by atoms with Gasteiger partial charge in [-0.25, -0.2) is 9.87 Å². The van der Waals surface area contributed by atoms with E-state index in [4.69, 9.17) is 5.21 Å². The van der Waals surface area contributed by atoms with Crippen molar-refractivity contribution in [3.63, 3.8) is 0 Å². The monoisotopic (exact) mass is 171 g/mol. The lowest BCUT2D eigenvalue weighted by Crippen LogP contribution is -2.17. The van der Waals surface area contributed by atoms with Crippen LogP contribution in [0.2, 0.25) is 0 Å². The third-order valence-electron chi connectivity index (χ3n) is 1.54. The Balaban J connectivity index is 2.68. The average Bonchev–Trinajstić information content (AvgIpc) is 2.06. The zero-order valence-electron chi connectivity index (χ0n) is 6.37. The molecule has 4 heteroatoms. The number of halogens is 1. The van der Waals surface area contributed by atoms with Gasteiger partial charge in [0.05, 0.1) is 12.6 Å². The zero-order chi connectivity index (χ0) is 8.97. The molecule has 12 heavy (non-hydrogen) atoms. The first-order valence-corrected chi connectivity index (χ1v) is 3.54. The molecule has 0 aliphatic rings. The standard InChI is InChI=1S/C8H10FNO2/c9-7-3-1-6(2-4-7)8(11)5-10-12/h1-4,8,10-12H,5H2. The van der Waals surface area contributed by atoms with E-state index in [0.29, 0.717) is 5.56 Å². The van der Waals surface area contributed by atoms with E-state index in [2.05, 4.69) is 0 Å². The van der Waals surface area contributed by atoms with E-state index in [-0.39, 0.29) is 12.4 Å². The van der Waals surface area contributed by atoms with Gasteiger partial charge >= 0.3 is 0 Å². The molecule has 3 nitrogen and oxygen atoms in total. The summed E-state index contributed by atoms with van der Waals surface area (Å²) < 4.78 is 12.4. The van der Waals surface area contributed by atoms with Crippen molar-refractivity contribution in [3.05, 3.63) is 35.6 Å². The second-order valence-electron chi connectivity index (χ2n) is 2.43. The highest BCUT2D eigenvalue weighted by Crippen LogP contribution is 2.11. The Morgan fingerprint density at radius 2 is 1.92 bits per heavy atom. The Bertz CT molecular complexity index is 237. The van der Waals surface area contributed by atoms with Crippen molar-refractivity contribution in [2.45, 2.75) is 6.10 Å². The molecule has 0 saturated heterocycles. The first-order valence-electron chi connectivity index (χ1n) is 3.54. The molecule has 1 aromatic carbocycles. The van der Waals surface area contributed by atoms with Crippen molar-refractivity contribution in [2.24, 2.45) is 0 Å². The molecule has 0 fully saturated rings. The van der Waals surface area contributed by atoms with Crippen molar-refractivity contribution in [1.82, 2.24) is 5.48 Å². The fourth-order valence-corrected chi connectivity index (χ4v) is 0.889. The molecule has 0 aliphatic carbocycles. The number of aliphatic hydroxyl groups is 1. The summed E-state index contributed by atoms with van der Waals surface area (Å²) in [6.45, 7) is 0.0334. The molecular formula is C8H10FNO2. The van der Waals surface area contributed by atoms with E-state index < -0.39 is 6.10 Å². The molecular weight excluding hydrogens is 161 g/mol. The van der Waals surface area contributed by atoms with E-state index >= 15 is 0 Å². The highest BCUT2D eigenvalue weighted by atomic mass is 19.1. The van der Waals surface area contributed by atoms with Crippen LogP contribution >= 0.6 is 0 Å². The van der Waals surface area contributed by atoms with Crippen LogP contribution in [0.25, 0.3) is 0 Å². The fourth-order valence-electron chi connectivity index (χ4n) is 0.889. The summed E-state index contributed by atoms with van der Waals surface area (Å²) in [7, 11) is 0. The van der Waals surface area contributed by atoms with Crippen LogP contribution in [-0.2, 0) is 0 Å². The maximum Gasteiger partial charge on any atom is 0.123 e. The normalized spacial score (nSPS) is 12.9. The van der Waals surface area contributed by atoms with Gasteiger partial charge in [-0.05, 0) is 17.7 Å². The molecule has 0 bridgehead atoms. The Kier molecular flexibility index (Phi) is 3.16. The van der Waals surface area contributed by atoms with Crippen molar-refractivity contribution >= 4 is 0 Å². The van der Waals surface area contributed by atoms with Gasteiger partial charge in [0.15, 0.2) is 0 Å². The second kappa shape index (κ2) is 4.15. The fraction of sp³-hybridized carbons (Fsp3) is 0.250. The van der Waals surface area contributed by atoms with Gasteiger partial charge in [0.25, 0.3) is 0 Å². The van der Waals surface area contributed by atoms with Crippen molar-refractivity contribution in [1.29, 1.82) is 0 Å². The summed E-state index contributed by atoms with van der Waals surface area (Å²) in [6, 6.07) is 5.46. The minimum Gasteiger partial charge on any atom is -0.387 e. The number of benzene rings is 1. The Morgan fingerprint density at radius 3 is 2.42 bits per heavy atom. The van der Waals surface area contributed by atoms with Gasteiger partial charge in [-0.3, -0.25) is 0 Å². The number of rotatable bonds is 3. The molecule has 3 N–H and O–H groups in total. The van der Waals surface area contributed by atoms with Crippen LogP contribution in [0.3, 0.4) is 0 Å². The quantitative estimate of drug-likeness (QED) is 0.590. The van der Waals surface area contributed by atoms with Crippen molar-refractivity contribution in [2.75, 3.05) is 6.54 Å². The van der Waals surface area contributed by atoms with Gasteiger partial charge in [-0.15, -0.1) is 0 Å². The number of hydrogen-bond donors (Lipinski definition) is 3. The van der Waals surface area contributed by atoms with E-state index in [1.807, 2.05) is 5.48 Å². The minimum atomic E-state index is -0.810. The third kappa shape index (κ3) is 2.27. The molecule has 0 amide bonds. The van der Waals surface area contributed by atoms with Crippen LogP contribution in [-0.4, -0.2) is 16.9 Å². The maximum atomic E-state index is 12.4. The third-order valence-corrected chi connectivity index (χ3v) is 1.54. The number of aliphatic hydroxyl groups excluding tert-OH is 1. The van der Waals surface area contributed by atoms with E-state index in [1.165, 1.54) is 24.3 Å². The number of hydrogen-bond acceptors (Lipinski definition) is 3. The predicted octanol–water partition coefficient (Wildman–Crippen LogP) is 0.838. The molecule has 0 radical (unpaired) electrons. The van der Waals surface area contributed by atoms with Gasteiger partial charge in [0, 0.05) is 0 Å². The lowest BCUT2D eigenvalue weighted by atomic mass is 10.1. The van der Waals surface area contributed by atoms with Crippen LogP contribution in [0.15, 0.2) is 24.3 Å². The topological polar surface area (TPSA) is 52.5 Å². The second-order valence-corrected chi connectivity index (χ2v) is 2.43. The van der Waals surface area contributed by atoms with Gasteiger partial charge < -0.3 is 10.3 Å². The van der Waals surface area contributed by atoms with E-state index in [0.717, 1.165) is 0 Å². The highest BCUT2D eigenvalue weighted by Gasteiger charge is 2.05. The smallest absolute Gasteiger partial charge is 0.123 e. The number of hydroxylamine groups is 1. The first-order chi connectivity index (χ1) is 5.74. The van der Waals surface area contributed by atoms with Crippen LogP contribution in [0, 0.1) is 5.82 Å². The average molecular weight is 171 g/mol. The number of nitrogens with one attached hydrogen (secondary N) is 1. The molecule has 0 saturated carbocycles. The van der Waals surface area contributed by atoms with E-state index in [9.17, 15) is 9.50 Å². The van der Waals surface area contributed by atoms with Crippen LogP contribution in [0.4, 0.5) is 4.39 Å². The van der Waals surface area contributed by atoms with Gasteiger partial charge in [-0.1, -0.05) is 12.1 Å². The summed E-state index contributed by atoms with van der Waals surface area (Å²) in [5.41, 5.74) is 2.40. The molecule has 0 aromatic heterocycles. The molecule has 1 unspecified atom stereocenters. The molecule has 66 valence electrons. The maximum absolute atomic E-state index is 12.4. The lowest BCUT2D eigenvalue weighted by molar-refractivity contribution is 0.0921. The SMILES string of the molecule is ONCC(O)c1ccc(F)cc1. The molecule has 1 atom stereocenters. The van der Waals surface area contributed by atoms with Crippen LogP contribution in [0.5, 0.6) is 0 Å². The molecule has 0 spiro atoms. The molecule has 1 rings (SSSR count). The summed E-state index contributed by atoms with van der Waals surface area (Å²) in [6.07, 6.45) is -0.810. The van der Waals surface area contributed by atoms with Gasteiger partial charge in [0.2, 0.25) is 0 Å². The Labute approximate surface area is 69.4 Å². The summed E-state index contributed by atoms with van der Waals surface area (Å²) in [5.74, 6) is -0.345. The lowest BCUT2D eigenvalue weighted by Gasteiger charge is -2.08. The zero-order valence-corrected chi connectivity index (χ0v) is 6.37.